The molecule has 1 aromatic rings. The number of methoxy groups -OCH3 is 1. The van der Waals surface area contributed by atoms with E-state index < -0.39 is 29.3 Å². The molecule has 0 radical (unpaired) electrons. The highest BCUT2D eigenvalue weighted by Crippen LogP contribution is 2.17. The fourth-order valence-corrected chi connectivity index (χ4v) is 1.37. The second kappa shape index (κ2) is 4.79. The van der Waals surface area contributed by atoms with Crippen molar-refractivity contribution in [3.8, 4) is 0 Å². The number of alkyl halides is 3. The minimum Gasteiger partial charge on any atom is -0.465 e. The average molecular weight is 270 g/mol. The van der Waals surface area contributed by atoms with Crippen LogP contribution in [0.1, 0.15) is 10.4 Å². The van der Waals surface area contributed by atoms with E-state index in [1.165, 1.54) is 0 Å². The van der Waals surface area contributed by atoms with Crippen LogP contribution in [-0.4, -0.2) is 23.8 Å². The number of halogens is 4. The summed E-state index contributed by atoms with van der Waals surface area (Å²) in [7, 11) is 1.06. The Hall–Kier alpha value is -1.50. The second-order valence-electron chi connectivity index (χ2n) is 3.12. The number of nitrogens with zero attached hydrogens (tertiary/aromatic N) is 1. The lowest BCUT2D eigenvalue weighted by atomic mass is 10.3. The zero-order chi connectivity index (χ0) is 13.2. The summed E-state index contributed by atoms with van der Waals surface area (Å²) in [4.78, 5) is 22.4. The van der Waals surface area contributed by atoms with Crippen molar-refractivity contribution in [2.24, 2.45) is 0 Å². The number of pyridine rings is 1. The molecule has 0 fully saturated rings. The van der Waals surface area contributed by atoms with Gasteiger partial charge < -0.3 is 9.30 Å². The molecular weight excluding hydrogens is 263 g/mol. The van der Waals surface area contributed by atoms with Crippen molar-refractivity contribution in [3.05, 3.63) is 33.2 Å². The summed E-state index contributed by atoms with van der Waals surface area (Å²) >= 11 is 5.44. The van der Waals surface area contributed by atoms with Gasteiger partial charge in [0.15, 0.2) is 0 Å². The lowest BCUT2D eigenvalue weighted by Gasteiger charge is -2.10. The van der Waals surface area contributed by atoms with Crippen molar-refractivity contribution in [1.82, 2.24) is 4.57 Å². The fraction of sp³-hybridized carbons (Fsp3) is 0.333. The molecule has 0 aliphatic rings. The molecule has 1 aromatic heterocycles. The predicted octanol–water partition coefficient (Wildman–Crippen LogP) is 1.85. The van der Waals surface area contributed by atoms with Crippen LogP contribution in [0.4, 0.5) is 13.2 Å². The minimum atomic E-state index is -4.58. The van der Waals surface area contributed by atoms with Crippen molar-refractivity contribution in [2.75, 3.05) is 7.11 Å². The zero-order valence-electron chi connectivity index (χ0n) is 8.55. The largest absolute Gasteiger partial charge is 0.465 e. The van der Waals surface area contributed by atoms with Gasteiger partial charge in [-0.2, -0.15) is 13.2 Å². The van der Waals surface area contributed by atoms with Gasteiger partial charge in [0.25, 0.3) is 5.56 Å². The normalized spacial score (nSPS) is 11.4. The molecule has 94 valence electrons. The van der Waals surface area contributed by atoms with Crippen LogP contribution >= 0.6 is 11.6 Å². The number of carbonyl (C=O) groups is 1. The SMILES string of the molecule is COC(=O)c1cc(Cl)c(=O)n(CC(F)(F)F)c1. The van der Waals surface area contributed by atoms with Crippen LogP contribution in [0.15, 0.2) is 17.1 Å². The van der Waals surface area contributed by atoms with Crippen molar-refractivity contribution in [2.45, 2.75) is 12.7 Å². The van der Waals surface area contributed by atoms with Gasteiger partial charge >= 0.3 is 12.1 Å². The van der Waals surface area contributed by atoms with Gasteiger partial charge in [-0.3, -0.25) is 4.79 Å². The van der Waals surface area contributed by atoms with Gasteiger partial charge in [-0.05, 0) is 6.07 Å². The molecule has 0 saturated carbocycles. The second-order valence-corrected chi connectivity index (χ2v) is 3.52. The third-order valence-corrected chi connectivity index (χ3v) is 2.08. The first kappa shape index (κ1) is 13.6. The molecule has 0 aliphatic carbocycles. The van der Waals surface area contributed by atoms with Crippen LogP contribution in [0.5, 0.6) is 0 Å². The maximum Gasteiger partial charge on any atom is 0.406 e. The summed E-state index contributed by atoms with van der Waals surface area (Å²) in [5, 5.41) is -0.475. The molecule has 0 spiro atoms. The molecule has 1 rings (SSSR count). The number of carbonyl (C=O) groups excluding carboxylic acids is 1. The number of hydrogen-bond donors (Lipinski definition) is 0. The van der Waals surface area contributed by atoms with Gasteiger partial charge in [0.2, 0.25) is 0 Å². The quantitative estimate of drug-likeness (QED) is 0.770. The number of esters is 1. The smallest absolute Gasteiger partial charge is 0.406 e. The van der Waals surface area contributed by atoms with E-state index in [1.807, 2.05) is 0 Å². The topological polar surface area (TPSA) is 48.3 Å². The van der Waals surface area contributed by atoms with Crippen LogP contribution in [0.3, 0.4) is 0 Å². The van der Waals surface area contributed by atoms with Crippen LogP contribution < -0.4 is 5.56 Å². The van der Waals surface area contributed by atoms with Gasteiger partial charge in [-0.15, -0.1) is 0 Å². The fourth-order valence-electron chi connectivity index (χ4n) is 1.14. The number of hydrogen-bond acceptors (Lipinski definition) is 3. The molecule has 0 saturated heterocycles. The molecule has 0 bridgehead atoms. The van der Waals surface area contributed by atoms with Crippen molar-refractivity contribution in [1.29, 1.82) is 0 Å². The van der Waals surface area contributed by atoms with Crippen molar-refractivity contribution in [3.63, 3.8) is 0 Å². The summed E-state index contributed by atoms with van der Waals surface area (Å²) in [5.74, 6) is -0.872. The molecule has 0 aromatic carbocycles. The molecule has 8 heteroatoms. The van der Waals surface area contributed by atoms with E-state index in [0.29, 0.717) is 4.57 Å². The Morgan fingerprint density at radius 3 is 2.59 bits per heavy atom. The third kappa shape index (κ3) is 3.48. The molecule has 0 N–H and O–H groups in total. The van der Waals surface area contributed by atoms with Crippen LogP contribution in [0.25, 0.3) is 0 Å². The highest BCUT2D eigenvalue weighted by Gasteiger charge is 2.29. The average Bonchev–Trinajstić information content (AvgIpc) is 2.21. The number of rotatable bonds is 2. The Labute approximate surface area is 98.6 Å². The molecule has 0 atom stereocenters. The molecule has 17 heavy (non-hydrogen) atoms. The summed E-state index contributed by atoms with van der Waals surface area (Å²) in [6.07, 6.45) is -3.82. The van der Waals surface area contributed by atoms with Crippen LogP contribution in [0, 0.1) is 0 Å². The van der Waals surface area contributed by atoms with Gasteiger partial charge in [0, 0.05) is 6.20 Å². The first-order chi connectivity index (χ1) is 7.74. The molecular formula is C9H7ClF3NO3. The Morgan fingerprint density at radius 2 is 2.12 bits per heavy atom. The zero-order valence-corrected chi connectivity index (χ0v) is 9.30. The molecule has 0 unspecified atom stereocenters. The molecule has 1 heterocycles. The van der Waals surface area contributed by atoms with Crippen LogP contribution in [-0.2, 0) is 11.3 Å². The first-order valence-corrected chi connectivity index (χ1v) is 4.67. The maximum absolute atomic E-state index is 12.1. The lowest BCUT2D eigenvalue weighted by Crippen LogP contribution is -2.29. The lowest BCUT2D eigenvalue weighted by molar-refractivity contribution is -0.141. The summed E-state index contributed by atoms with van der Waals surface area (Å²) in [6, 6.07) is 0.961. The van der Waals surface area contributed by atoms with E-state index in [-0.39, 0.29) is 5.56 Å². The van der Waals surface area contributed by atoms with Gasteiger partial charge in [0.1, 0.15) is 11.6 Å². The number of aromatic nitrogens is 1. The Kier molecular flexibility index (Phi) is 3.82. The summed E-state index contributed by atoms with van der Waals surface area (Å²) in [6.45, 7) is -1.52. The third-order valence-electron chi connectivity index (χ3n) is 1.81. The van der Waals surface area contributed by atoms with E-state index in [1.54, 1.807) is 0 Å². The standard InChI is InChI=1S/C9H7ClF3NO3/c1-17-8(16)5-2-6(10)7(15)14(3-5)4-9(11,12)13/h2-3H,4H2,1H3. The van der Waals surface area contributed by atoms with Crippen LogP contribution in [0.2, 0.25) is 5.02 Å². The van der Waals surface area contributed by atoms with E-state index in [9.17, 15) is 22.8 Å². The highest BCUT2D eigenvalue weighted by molar-refractivity contribution is 6.30. The maximum atomic E-state index is 12.1. The van der Waals surface area contributed by atoms with Crippen molar-refractivity contribution < 1.29 is 22.7 Å². The molecule has 4 nitrogen and oxygen atoms in total. The van der Waals surface area contributed by atoms with E-state index in [2.05, 4.69) is 4.74 Å². The van der Waals surface area contributed by atoms with Gasteiger partial charge in [0.05, 0.1) is 12.7 Å². The molecule has 0 aliphatic heterocycles. The highest BCUT2D eigenvalue weighted by atomic mass is 35.5. The van der Waals surface area contributed by atoms with Gasteiger partial charge in [-0.1, -0.05) is 11.6 Å². The van der Waals surface area contributed by atoms with Gasteiger partial charge in [-0.25, -0.2) is 4.79 Å². The minimum absolute atomic E-state index is 0.221. The van der Waals surface area contributed by atoms with E-state index in [0.717, 1.165) is 19.4 Å². The summed E-state index contributed by atoms with van der Waals surface area (Å²) in [5.41, 5.74) is -1.24. The predicted molar refractivity (Wildman–Crippen MR) is 53.1 cm³/mol. The monoisotopic (exact) mass is 269 g/mol. The first-order valence-electron chi connectivity index (χ1n) is 4.29. The Bertz CT molecular complexity index is 495. The number of ether oxygens (including phenoxy) is 1. The summed E-state index contributed by atoms with van der Waals surface area (Å²) < 4.78 is 41.1. The van der Waals surface area contributed by atoms with Crippen molar-refractivity contribution >= 4 is 17.6 Å². The van der Waals surface area contributed by atoms with E-state index in [4.69, 9.17) is 11.6 Å². The Balaban J connectivity index is 3.25. The van der Waals surface area contributed by atoms with E-state index >= 15 is 0 Å². The Morgan fingerprint density at radius 1 is 1.53 bits per heavy atom. The molecule has 0 amide bonds.